The van der Waals surface area contributed by atoms with Gasteiger partial charge in [0.05, 0.1) is 5.69 Å². The summed E-state index contributed by atoms with van der Waals surface area (Å²) in [5.41, 5.74) is 1.63. The molecule has 1 unspecified atom stereocenters. The van der Waals surface area contributed by atoms with E-state index in [0.717, 1.165) is 60.0 Å². The molecule has 25 heavy (non-hydrogen) atoms. The van der Waals surface area contributed by atoms with Gasteiger partial charge in [-0.25, -0.2) is 4.39 Å². The Morgan fingerprint density at radius 3 is 2.88 bits per heavy atom. The first kappa shape index (κ1) is 16.4. The Balaban J connectivity index is 1.46. The Morgan fingerprint density at radius 2 is 2.04 bits per heavy atom. The van der Waals surface area contributed by atoms with Crippen molar-refractivity contribution in [2.45, 2.75) is 23.8 Å². The van der Waals surface area contributed by atoms with Crippen molar-refractivity contribution in [3.8, 4) is 11.5 Å². The van der Waals surface area contributed by atoms with E-state index >= 15 is 0 Å². The van der Waals surface area contributed by atoms with Crippen molar-refractivity contribution in [1.82, 2.24) is 0 Å². The maximum atomic E-state index is 14.4. The highest BCUT2D eigenvalue weighted by atomic mass is 32.2. The Kier molecular flexibility index (Phi) is 4.59. The van der Waals surface area contributed by atoms with Gasteiger partial charge in [0.1, 0.15) is 5.82 Å². The number of halogens is 1. The second-order valence-corrected chi connectivity index (χ2v) is 6.94. The number of fused-ring (bicyclic) bond motifs is 1. The first-order chi connectivity index (χ1) is 12.2. The summed E-state index contributed by atoms with van der Waals surface area (Å²) in [6, 6.07) is 11.3. The molecule has 2 aliphatic heterocycles. The minimum absolute atomic E-state index is 0.223. The molecular formula is C18H20FN3O2S. The van der Waals surface area contributed by atoms with Crippen molar-refractivity contribution in [2.24, 2.45) is 5.14 Å². The number of nitrogens with two attached hydrogens (primary N) is 1. The van der Waals surface area contributed by atoms with Crippen molar-refractivity contribution in [1.29, 1.82) is 0 Å². The molecule has 2 heterocycles. The fourth-order valence-corrected chi connectivity index (χ4v) is 3.67. The molecule has 1 atom stereocenters. The topological polar surface area (TPSA) is 59.8 Å². The van der Waals surface area contributed by atoms with E-state index in [1.54, 1.807) is 0 Å². The van der Waals surface area contributed by atoms with Gasteiger partial charge in [-0.15, -0.1) is 0 Å². The summed E-state index contributed by atoms with van der Waals surface area (Å²) >= 11 is 1.06. The van der Waals surface area contributed by atoms with Gasteiger partial charge in [-0.3, -0.25) is 5.14 Å². The molecular weight excluding hydrogens is 341 g/mol. The van der Waals surface area contributed by atoms with E-state index in [-0.39, 0.29) is 18.7 Å². The molecule has 2 aromatic carbocycles. The van der Waals surface area contributed by atoms with Crippen molar-refractivity contribution in [3.63, 3.8) is 0 Å². The van der Waals surface area contributed by atoms with Crippen LogP contribution in [0.3, 0.4) is 0 Å². The number of hydrogen-bond acceptors (Lipinski definition) is 6. The highest BCUT2D eigenvalue weighted by Gasteiger charge is 2.23. The summed E-state index contributed by atoms with van der Waals surface area (Å²) < 4.78 is 25.1. The predicted octanol–water partition coefficient (Wildman–Crippen LogP) is 3.60. The molecule has 0 radical (unpaired) electrons. The highest BCUT2D eigenvalue weighted by molar-refractivity contribution is 7.97. The number of benzene rings is 2. The standard InChI is InChI=1S/C18H20FN3O2S/c19-15-9-14(25-20)4-5-16(15)22-7-1-2-13(10-22)21-12-3-6-17-18(8-12)24-11-23-17/h3-6,8-9,13,21H,1-2,7,10-11,20H2. The lowest BCUT2D eigenvalue weighted by Gasteiger charge is -2.35. The Morgan fingerprint density at radius 1 is 1.16 bits per heavy atom. The van der Waals surface area contributed by atoms with Crippen molar-refractivity contribution < 1.29 is 13.9 Å². The quantitative estimate of drug-likeness (QED) is 0.812. The molecule has 2 aromatic rings. The smallest absolute Gasteiger partial charge is 0.231 e. The zero-order valence-electron chi connectivity index (χ0n) is 13.7. The molecule has 0 aliphatic carbocycles. The second-order valence-electron chi connectivity index (χ2n) is 6.23. The number of nitrogens with one attached hydrogen (secondary N) is 1. The largest absolute Gasteiger partial charge is 0.454 e. The van der Waals surface area contributed by atoms with Crippen molar-refractivity contribution in [2.75, 3.05) is 30.1 Å². The zero-order chi connectivity index (χ0) is 17.2. The highest BCUT2D eigenvalue weighted by Crippen LogP contribution is 2.35. The van der Waals surface area contributed by atoms with Gasteiger partial charge >= 0.3 is 0 Å². The molecule has 0 aromatic heterocycles. The molecule has 2 aliphatic rings. The Labute approximate surface area is 150 Å². The summed E-state index contributed by atoms with van der Waals surface area (Å²) in [7, 11) is 0. The van der Waals surface area contributed by atoms with Crippen LogP contribution in [0.5, 0.6) is 11.5 Å². The summed E-state index contributed by atoms with van der Waals surface area (Å²) in [4.78, 5) is 2.82. The van der Waals surface area contributed by atoms with E-state index in [0.29, 0.717) is 5.69 Å². The zero-order valence-corrected chi connectivity index (χ0v) is 14.5. The number of anilines is 2. The van der Waals surface area contributed by atoms with Crippen LogP contribution < -0.4 is 24.8 Å². The van der Waals surface area contributed by atoms with Gasteiger partial charge in [0.25, 0.3) is 0 Å². The van der Waals surface area contributed by atoms with Gasteiger partial charge < -0.3 is 19.7 Å². The van der Waals surface area contributed by atoms with Gasteiger partial charge in [-0.2, -0.15) is 0 Å². The maximum absolute atomic E-state index is 14.4. The van der Waals surface area contributed by atoms with Crippen LogP contribution >= 0.6 is 11.9 Å². The third kappa shape index (κ3) is 3.48. The van der Waals surface area contributed by atoms with Gasteiger partial charge in [0, 0.05) is 35.8 Å². The Bertz CT molecular complexity index is 774. The van der Waals surface area contributed by atoms with Gasteiger partial charge in [-0.1, -0.05) is 0 Å². The summed E-state index contributed by atoms with van der Waals surface area (Å²) in [6.45, 7) is 1.87. The maximum Gasteiger partial charge on any atom is 0.231 e. The molecule has 1 fully saturated rings. The molecule has 0 saturated carbocycles. The number of piperidine rings is 1. The lowest BCUT2D eigenvalue weighted by atomic mass is 10.0. The lowest BCUT2D eigenvalue weighted by molar-refractivity contribution is 0.174. The van der Waals surface area contributed by atoms with E-state index in [2.05, 4.69) is 10.2 Å². The third-order valence-electron chi connectivity index (χ3n) is 4.56. The predicted molar refractivity (Wildman–Crippen MR) is 97.9 cm³/mol. The number of hydrogen-bond donors (Lipinski definition) is 2. The number of rotatable bonds is 4. The molecule has 4 rings (SSSR count). The summed E-state index contributed by atoms with van der Waals surface area (Å²) in [5, 5.41) is 9.03. The van der Waals surface area contributed by atoms with E-state index in [1.165, 1.54) is 6.07 Å². The Hall–Kier alpha value is -2.12. The van der Waals surface area contributed by atoms with Crippen LogP contribution in [-0.4, -0.2) is 25.9 Å². The van der Waals surface area contributed by atoms with Crippen LogP contribution in [0.4, 0.5) is 15.8 Å². The summed E-state index contributed by atoms with van der Waals surface area (Å²) in [5.74, 6) is 1.31. The number of nitrogens with zero attached hydrogens (tertiary/aromatic N) is 1. The first-order valence-corrected chi connectivity index (χ1v) is 9.18. The average Bonchev–Trinajstić information content (AvgIpc) is 3.09. The van der Waals surface area contributed by atoms with E-state index in [1.807, 2.05) is 30.3 Å². The first-order valence-electron chi connectivity index (χ1n) is 8.30. The van der Waals surface area contributed by atoms with Crippen LogP contribution in [0.15, 0.2) is 41.3 Å². The van der Waals surface area contributed by atoms with Crippen LogP contribution in [0.1, 0.15) is 12.8 Å². The van der Waals surface area contributed by atoms with Crippen LogP contribution in [0.2, 0.25) is 0 Å². The normalized spacial score (nSPS) is 19.1. The average molecular weight is 361 g/mol. The van der Waals surface area contributed by atoms with Crippen molar-refractivity contribution in [3.05, 3.63) is 42.2 Å². The molecule has 132 valence electrons. The van der Waals surface area contributed by atoms with Gasteiger partial charge in [-0.05, 0) is 55.1 Å². The fraction of sp³-hybridized carbons (Fsp3) is 0.333. The fourth-order valence-electron chi connectivity index (χ4n) is 3.35. The van der Waals surface area contributed by atoms with E-state index < -0.39 is 0 Å². The monoisotopic (exact) mass is 361 g/mol. The molecule has 5 nitrogen and oxygen atoms in total. The molecule has 1 saturated heterocycles. The van der Waals surface area contributed by atoms with Crippen LogP contribution in [-0.2, 0) is 0 Å². The lowest BCUT2D eigenvalue weighted by Crippen LogP contribution is -2.42. The van der Waals surface area contributed by atoms with Crippen LogP contribution in [0.25, 0.3) is 0 Å². The summed E-state index contributed by atoms with van der Waals surface area (Å²) in [6.07, 6.45) is 2.05. The second kappa shape index (κ2) is 7.01. The van der Waals surface area contributed by atoms with Gasteiger partial charge in [0.2, 0.25) is 6.79 Å². The SMILES string of the molecule is NSc1ccc(N2CCCC(Nc3ccc4c(c3)OCO4)C2)c(F)c1. The third-order valence-corrected chi connectivity index (χ3v) is 5.09. The molecule has 0 amide bonds. The van der Waals surface area contributed by atoms with E-state index in [9.17, 15) is 4.39 Å². The van der Waals surface area contributed by atoms with Crippen molar-refractivity contribution >= 4 is 23.3 Å². The van der Waals surface area contributed by atoms with E-state index in [4.69, 9.17) is 14.6 Å². The molecule has 0 spiro atoms. The number of ether oxygens (including phenoxy) is 2. The molecule has 7 heteroatoms. The minimum atomic E-state index is -0.223. The minimum Gasteiger partial charge on any atom is -0.454 e. The van der Waals surface area contributed by atoms with Crippen LogP contribution in [0, 0.1) is 5.82 Å². The molecule has 0 bridgehead atoms. The molecule has 3 N–H and O–H groups in total. The van der Waals surface area contributed by atoms with Gasteiger partial charge in [0.15, 0.2) is 11.5 Å².